The summed E-state index contributed by atoms with van der Waals surface area (Å²) < 4.78 is 0. The zero-order valence-corrected chi connectivity index (χ0v) is 9.02. The second kappa shape index (κ2) is 3.37. The molecule has 0 atom stereocenters. The van der Waals surface area contributed by atoms with Crippen molar-refractivity contribution in [2.75, 3.05) is 0 Å². The van der Waals surface area contributed by atoms with Gasteiger partial charge in [0.15, 0.2) is 0 Å². The van der Waals surface area contributed by atoms with Crippen LogP contribution < -0.4 is 0 Å². The van der Waals surface area contributed by atoms with Crippen LogP contribution in [0.1, 0.15) is 37.5 Å². The Morgan fingerprint density at radius 2 is 1.85 bits per heavy atom. The lowest BCUT2D eigenvalue weighted by atomic mass is 9.85. The minimum atomic E-state index is 0.228. The molecule has 1 aromatic rings. The van der Waals surface area contributed by atoms with Crippen LogP contribution >= 0.6 is 0 Å². The third-order valence-electron chi connectivity index (χ3n) is 2.37. The molecule has 1 aromatic carbocycles. The van der Waals surface area contributed by atoms with Crippen molar-refractivity contribution < 1.29 is 0 Å². The van der Waals surface area contributed by atoms with Gasteiger partial charge in [-0.05, 0) is 29.0 Å². The molecular formula is C13H18. The molecule has 0 bridgehead atoms. The first kappa shape index (κ1) is 10.0. The molecule has 0 unspecified atom stereocenters. The van der Waals surface area contributed by atoms with Crippen molar-refractivity contribution in [2.24, 2.45) is 0 Å². The van der Waals surface area contributed by atoms with Gasteiger partial charge in [0.05, 0.1) is 0 Å². The van der Waals surface area contributed by atoms with Crippen LogP contribution in [-0.4, -0.2) is 0 Å². The normalized spacial score (nSPS) is 11.4. The Kier molecular flexibility index (Phi) is 2.60. The summed E-state index contributed by atoms with van der Waals surface area (Å²) in [7, 11) is 0. The van der Waals surface area contributed by atoms with E-state index in [-0.39, 0.29) is 5.41 Å². The van der Waals surface area contributed by atoms with E-state index in [1.807, 2.05) is 6.08 Å². The van der Waals surface area contributed by atoms with E-state index in [1.54, 1.807) is 0 Å². The van der Waals surface area contributed by atoms with Gasteiger partial charge in [0.2, 0.25) is 0 Å². The quantitative estimate of drug-likeness (QED) is 0.605. The molecule has 0 aliphatic heterocycles. The monoisotopic (exact) mass is 174 g/mol. The molecule has 0 heterocycles. The molecule has 0 spiro atoms. The number of aryl methyl sites for hydroxylation is 1. The van der Waals surface area contributed by atoms with E-state index in [1.165, 1.54) is 16.7 Å². The van der Waals surface area contributed by atoms with Crippen molar-refractivity contribution in [3.63, 3.8) is 0 Å². The highest BCUT2D eigenvalue weighted by atomic mass is 14.2. The first-order valence-electron chi connectivity index (χ1n) is 4.68. The van der Waals surface area contributed by atoms with Crippen LogP contribution in [-0.2, 0) is 5.41 Å². The molecule has 70 valence electrons. The lowest BCUT2D eigenvalue weighted by Gasteiger charge is -2.20. The Hall–Kier alpha value is -1.04. The maximum absolute atomic E-state index is 3.81. The highest BCUT2D eigenvalue weighted by Crippen LogP contribution is 2.24. The topological polar surface area (TPSA) is 0 Å². The van der Waals surface area contributed by atoms with E-state index < -0.39 is 0 Å². The van der Waals surface area contributed by atoms with Gasteiger partial charge < -0.3 is 0 Å². The van der Waals surface area contributed by atoms with Gasteiger partial charge in [-0.25, -0.2) is 0 Å². The van der Waals surface area contributed by atoms with Gasteiger partial charge in [0.25, 0.3) is 0 Å². The van der Waals surface area contributed by atoms with Gasteiger partial charge in [-0.15, -0.1) is 0 Å². The first-order valence-corrected chi connectivity index (χ1v) is 4.68. The highest BCUT2D eigenvalue weighted by molar-refractivity contribution is 5.53. The molecule has 0 radical (unpaired) electrons. The van der Waals surface area contributed by atoms with Crippen molar-refractivity contribution in [1.82, 2.24) is 0 Å². The average molecular weight is 174 g/mol. The summed E-state index contributed by atoms with van der Waals surface area (Å²) in [4.78, 5) is 0. The van der Waals surface area contributed by atoms with E-state index in [9.17, 15) is 0 Å². The standard InChI is InChI=1S/C13H18/c1-6-11-9-12(13(3,4)5)8-7-10(11)2/h6-9H,1H2,2-5H3. The van der Waals surface area contributed by atoms with Crippen LogP contribution in [0.15, 0.2) is 24.8 Å². The molecular weight excluding hydrogens is 156 g/mol. The molecule has 0 aliphatic rings. The van der Waals surface area contributed by atoms with Crippen molar-refractivity contribution in [2.45, 2.75) is 33.1 Å². The summed E-state index contributed by atoms with van der Waals surface area (Å²) >= 11 is 0. The maximum atomic E-state index is 3.81. The van der Waals surface area contributed by atoms with Crippen LogP contribution in [0.3, 0.4) is 0 Å². The van der Waals surface area contributed by atoms with Crippen molar-refractivity contribution >= 4 is 6.08 Å². The summed E-state index contributed by atoms with van der Waals surface area (Å²) in [6, 6.07) is 6.59. The molecule has 0 saturated heterocycles. The summed E-state index contributed by atoms with van der Waals surface area (Å²) in [6.45, 7) is 12.6. The fourth-order valence-electron chi connectivity index (χ4n) is 1.33. The fraction of sp³-hybridized carbons (Fsp3) is 0.385. The fourth-order valence-corrected chi connectivity index (χ4v) is 1.33. The largest absolute Gasteiger partial charge is 0.0985 e. The Bertz CT molecular complexity index is 313. The second-order valence-electron chi connectivity index (χ2n) is 4.53. The molecule has 0 aliphatic carbocycles. The van der Waals surface area contributed by atoms with E-state index in [0.29, 0.717) is 0 Å². The molecule has 0 amide bonds. The minimum absolute atomic E-state index is 0.228. The van der Waals surface area contributed by atoms with Gasteiger partial charge in [-0.3, -0.25) is 0 Å². The van der Waals surface area contributed by atoms with E-state index in [0.717, 1.165) is 0 Å². The third-order valence-corrected chi connectivity index (χ3v) is 2.37. The van der Waals surface area contributed by atoms with Crippen LogP contribution in [0.2, 0.25) is 0 Å². The van der Waals surface area contributed by atoms with Crippen molar-refractivity contribution in [3.8, 4) is 0 Å². The van der Waals surface area contributed by atoms with Gasteiger partial charge in [0, 0.05) is 0 Å². The summed E-state index contributed by atoms with van der Waals surface area (Å²) in [6.07, 6.45) is 1.92. The Morgan fingerprint density at radius 3 is 2.31 bits per heavy atom. The predicted octanol–water partition coefficient (Wildman–Crippen LogP) is 3.94. The lowest BCUT2D eigenvalue weighted by Crippen LogP contribution is -2.11. The zero-order valence-electron chi connectivity index (χ0n) is 9.02. The van der Waals surface area contributed by atoms with Crippen LogP contribution in [0.25, 0.3) is 6.08 Å². The Balaban J connectivity index is 3.21. The van der Waals surface area contributed by atoms with E-state index in [4.69, 9.17) is 0 Å². The van der Waals surface area contributed by atoms with Crippen molar-refractivity contribution in [3.05, 3.63) is 41.5 Å². The number of hydrogen-bond acceptors (Lipinski definition) is 0. The van der Waals surface area contributed by atoms with Gasteiger partial charge in [-0.2, -0.15) is 0 Å². The van der Waals surface area contributed by atoms with Crippen LogP contribution in [0.4, 0.5) is 0 Å². The van der Waals surface area contributed by atoms with E-state index >= 15 is 0 Å². The molecule has 0 fully saturated rings. The minimum Gasteiger partial charge on any atom is -0.0985 e. The summed E-state index contributed by atoms with van der Waals surface area (Å²) in [5.41, 5.74) is 4.13. The Labute approximate surface area is 81.3 Å². The van der Waals surface area contributed by atoms with Crippen LogP contribution in [0, 0.1) is 6.92 Å². The Morgan fingerprint density at radius 1 is 1.23 bits per heavy atom. The van der Waals surface area contributed by atoms with E-state index in [2.05, 4.69) is 52.5 Å². The molecule has 0 nitrogen and oxygen atoms in total. The molecule has 0 N–H and O–H groups in total. The lowest BCUT2D eigenvalue weighted by molar-refractivity contribution is 0.590. The molecule has 1 rings (SSSR count). The first-order chi connectivity index (χ1) is 5.95. The summed E-state index contributed by atoms with van der Waals surface area (Å²) in [5.74, 6) is 0. The van der Waals surface area contributed by atoms with Gasteiger partial charge >= 0.3 is 0 Å². The number of rotatable bonds is 1. The van der Waals surface area contributed by atoms with Gasteiger partial charge in [0.1, 0.15) is 0 Å². The second-order valence-corrected chi connectivity index (χ2v) is 4.53. The predicted molar refractivity (Wildman–Crippen MR) is 60.0 cm³/mol. The number of hydrogen-bond donors (Lipinski definition) is 0. The van der Waals surface area contributed by atoms with Crippen LogP contribution in [0.5, 0.6) is 0 Å². The zero-order chi connectivity index (χ0) is 10.1. The molecule has 0 aromatic heterocycles. The number of benzene rings is 1. The highest BCUT2D eigenvalue weighted by Gasteiger charge is 2.13. The molecule has 0 saturated carbocycles. The third kappa shape index (κ3) is 2.21. The van der Waals surface area contributed by atoms with Crippen molar-refractivity contribution in [1.29, 1.82) is 0 Å². The average Bonchev–Trinajstić information content (AvgIpc) is 2.03. The maximum Gasteiger partial charge on any atom is -0.0132 e. The SMILES string of the molecule is C=Cc1cc(C(C)(C)C)ccc1C. The molecule has 0 heteroatoms. The summed E-state index contributed by atoms with van der Waals surface area (Å²) in [5, 5.41) is 0. The smallest absolute Gasteiger partial charge is 0.0132 e. The van der Waals surface area contributed by atoms with Gasteiger partial charge in [-0.1, -0.05) is 51.6 Å². The molecule has 13 heavy (non-hydrogen) atoms.